The Morgan fingerprint density at radius 1 is 1.35 bits per heavy atom. The summed E-state index contributed by atoms with van der Waals surface area (Å²) < 4.78 is 0. The number of hydrogen-bond donors (Lipinski definition) is 1. The molecular weight excluding hydrogens is 242 g/mol. The lowest BCUT2D eigenvalue weighted by atomic mass is 9.67. The number of nitrogens with two attached hydrogens (primary N) is 1. The fourth-order valence-corrected chi connectivity index (χ4v) is 3.56. The Morgan fingerprint density at radius 3 is 2.95 bits per heavy atom. The molecule has 2 aliphatic rings. The smallest absolute Gasteiger partial charge is 0.0426 e. The molecule has 3 rings (SSSR count). The zero-order chi connectivity index (χ0) is 14.1. The molecule has 2 unspecified atom stereocenters. The van der Waals surface area contributed by atoms with Crippen molar-refractivity contribution in [2.75, 3.05) is 0 Å². The molecule has 2 atom stereocenters. The Bertz CT molecular complexity index is 631. The second-order valence-corrected chi connectivity index (χ2v) is 5.60. The summed E-state index contributed by atoms with van der Waals surface area (Å²) >= 11 is 0. The number of rotatable bonds is 2. The highest BCUT2D eigenvalue weighted by atomic mass is 14.6. The van der Waals surface area contributed by atoms with Gasteiger partial charge in [-0.25, -0.2) is 0 Å². The van der Waals surface area contributed by atoms with Gasteiger partial charge >= 0.3 is 0 Å². The number of allylic oxidation sites excluding steroid dienone is 6. The van der Waals surface area contributed by atoms with Crippen LogP contribution >= 0.6 is 0 Å². The van der Waals surface area contributed by atoms with Gasteiger partial charge in [0.15, 0.2) is 0 Å². The van der Waals surface area contributed by atoms with Crippen molar-refractivity contribution >= 4 is 5.70 Å². The summed E-state index contributed by atoms with van der Waals surface area (Å²) in [6, 6.07) is 8.50. The maximum absolute atomic E-state index is 6.42. The molecule has 1 heteroatoms. The van der Waals surface area contributed by atoms with Crippen molar-refractivity contribution in [1.82, 2.24) is 0 Å². The first kappa shape index (κ1) is 13.0. The first-order valence-electron chi connectivity index (χ1n) is 7.31. The van der Waals surface area contributed by atoms with Gasteiger partial charge in [0.2, 0.25) is 0 Å². The lowest BCUT2D eigenvalue weighted by Crippen LogP contribution is -2.26. The molecule has 2 aliphatic carbocycles. The van der Waals surface area contributed by atoms with Gasteiger partial charge in [-0.2, -0.15) is 0 Å². The maximum Gasteiger partial charge on any atom is 0.0426 e. The SMILES string of the molecule is C=C(/C=C\C)C1c2ccccc2C(N)=C2C=CCCC21. The zero-order valence-corrected chi connectivity index (χ0v) is 12.0. The monoisotopic (exact) mass is 263 g/mol. The van der Waals surface area contributed by atoms with Crippen molar-refractivity contribution in [1.29, 1.82) is 0 Å². The highest BCUT2D eigenvalue weighted by Gasteiger charge is 2.35. The second kappa shape index (κ2) is 5.16. The molecule has 2 N–H and O–H groups in total. The van der Waals surface area contributed by atoms with E-state index in [9.17, 15) is 0 Å². The summed E-state index contributed by atoms with van der Waals surface area (Å²) in [6.45, 7) is 6.36. The quantitative estimate of drug-likeness (QED) is 0.778. The van der Waals surface area contributed by atoms with Crippen LogP contribution in [0.5, 0.6) is 0 Å². The third-order valence-electron chi connectivity index (χ3n) is 4.42. The molecule has 0 radical (unpaired) electrons. The molecule has 0 aromatic heterocycles. The van der Waals surface area contributed by atoms with Crippen molar-refractivity contribution in [3.63, 3.8) is 0 Å². The Balaban J connectivity index is 2.20. The molecule has 1 nitrogen and oxygen atoms in total. The largest absolute Gasteiger partial charge is 0.398 e. The molecule has 0 aliphatic heterocycles. The highest BCUT2D eigenvalue weighted by Crippen LogP contribution is 2.48. The lowest BCUT2D eigenvalue weighted by molar-refractivity contribution is 0.495. The number of fused-ring (bicyclic) bond motifs is 2. The fraction of sp³-hybridized carbons (Fsp3) is 0.263. The van der Waals surface area contributed by atoms with Gasteiger partial charge in [-0.05, 0) is 42.4 Å². The van der Waals surface area contributed by atoms with Gasteiger partial charge in [-0.1, -0.05) is 55.1 Å². The van der Waals surface area contributed by atoms with E-state index in [4.69, 9.17) is 5.73 Å². The van der Waals surface area contributed by atoms with Crippen LogP contribution in [0.3, 0.4) is 0 Å². The minimum absolute atomic E-state index is 0.356. The molecule has 102 valence electrons. The molecule has 0 bridgehead atoms. The molecule has 1 aromatic rings. The van der Waals surface area contributed by atoms with Crippen molar-refractivity contribution in [3.05, 3.63) is 77.4 Å². The molecule has 0 saturated carbocycles. The maximum atomic E-state index is 6.42. The average molecular weight is 263 g/mol. The van der Waals surface area contributed by atoms with Crippen LogP contribution in [-0.4, -0.2) is 0 Å². The Kier molecular flexibility index (Phi) is 3.35. The van der Waals surface area contributed by atoms with E-state index in [1.54, 1.807) is 0 Å². The van der Waals surface area contributed by atoms with Gasteiger partial charge < -0.3 is 5.73 Å². The van der Waals surface area contributed by atoms with Gasteiger partial charge in [0.1, 0.15) is 0 Å². The molecule has 0 heterocycles. The summed E-state index contributed by atoms with van der Waals surface area (Å²) in [5.74, 6) is 0.827. The van der Waals surface area contributed by atoms with Crippen molar-refractivity contribution in [2.45, 2.75) is 25.7 Å². The van der Waals surface area contributed by atoms with Crippen molar-refractivity contribution in [3.8, 4) is 0 Å². The van der Waals surface area contributed by atoms with Crippen LogP contribution in [0, 0.1) is 5.92 Å². The van der Waals surface area contributed by atoms with E-state index >= 15 is 0 Å². The van der Waals surface area contributed by atoms with E-state index in [1.807, 2.05) is 6.92 Å². The molecule has 0 amide bonds. The summed E-state index contributed by atoms with van der Waals surface area (Å²) in [7, 11) is 0. The summed E-state index contributed by atoms with van der Waals surface area (Å²) in [5, 5.41) is 0. The van der Waals surface area contributed by atoms with E-state index in [2.05, 4.69) is 55.1 Å². The molecule has 0 fully saturated rings. The summed E-state index contributed by atoms with van der Waals surface area (Å²) in [6.07, 6.45) is 11.0. The van der Waals surface area contributed by atoms with Crippen LogP contribution < -0.4 is 5.73 Å². The highest BCUT2D eigenvalue weighted by molar-refractivity contribution is 5.75. The number of benzene rings is 1. The topological polar surface area (TPSA) is 26.0 Å². The van der Waals surface area contributed by atoms with Crippen molar-refractivity contribution in [2.24, 2.45) is 11.7 Å². The van der Waals surface area contributed by atoms with E-state index in [-0.39, 0.29) is 0 Å². The summed E-state index contributed by atoms with van der Waals surface area (Å²) in [4.78, 5) is 0. The lowest BCUT2D eigenvalue weighted by Gasteiger charge is -2.37. The van der Waals surface area contributed by atoms with Gasteiger partial charge in [0.25, 0.3) is 0 Å². The molecule has 0 saturated heterocycles. The minimum atomic E-state index is 0.356. The van der Waals surface area contributed by atoms with Gasteiger partial charge in [-0.15, -0.1) is 0 Å². The van der Waals surface area contributed by atoms with E-state index < -0.39 is 0 Å². The average Bonchev–Trinajstić information content (AvgIpc) is 2.48. The molecule has 0 spiro atoms. The first-order valence-corrected chi connectivity index (χ1v) is 7.31. The van der Waals surface area contributed by atoms with Gasteiger partial charge in [0, 0.05) is 17.2 Å². The van der Waals surface area contributed by atoms with E-state index in [1.165, 1.54) is 22.3 Å². The Morgan fingerprint density at radius 2 is 2.15 bits per heavy atom. The van der Waals surface area contributed by atoms with E-state index in [0.29, 0.717) is 11.8 Å². The number of hydrogen-bond acceptors (Lipinski definition) is 1. The fourth-order valence-electron chi connectivity index (χ4n) is 3.56. The Hall–Kier alpha value is -2.02. The predicted molar refractivity (Wildman–Crippen MR) is 86.1 cm³/mol. The Labute approximate surface area is 121 Å². The van der Waals surface area contributed by atoms with Crippen LogP contribution in [-0.2, 0) is 0 Å². The van der Waals surface area contributed by atoms with E-state index in [0.717, 1.165) is 18.5 Å². The minimum Gasteiger partial charge on any atom is -0.398 e. The molecule has 20 heavy (non-hydrogen) atoms. The zero-order valence-electron chi connectivity index (χ0n) is 12.0. The van der Waals surface area contributed by atoms with Crippen LogP contribution in [0.1, 0.15) is 36.8 Å². The normalized spacial score (nSPS) is 24.6. The standard InChI is InChI=1S/C19H21N/c1-3-8-13(2)18-14-9-4-6-11-16(14)19(20)17-12-7-5-10-15(17)18/h3-4,6-9,11-12,15,18H,2,5,10,20H2,1H3/b8-3-. The predicted octanol–water partition coefficient (Wildman–Crippen LogP) is 4.55. The van der Waals surface area contributed by atoms with Crippen LogP contribution in [0.2, 0.25) is 0 Å². The van der Waals surface area contributed by atoms with Crippen LogP contribution in [0.25, 0.3) is 5.70 Å². The first-order chi connectivity index (χ1) is 9.74. The summed E-state index contributed by atoms with van der Waals surface area (Å²) in [5.41, 5.74) is 12.4. The third kappa shape index (κ3) is 1.94. The van der Waals surface area contributed by atoms with Crippen LogP contribution in [0.15, 0.2) is 66.3 Å². The molecular formula is C19H21N. The van der Waals surface area contributed by atoms with Gasteiger partial charge in [-0.3, -0.25) is 0 Å². The second-order valence-electron chi connectivity index (χ2n) is 5.60. The van der Waals surface area contributed by atoms with Crippen molar-refractivity contribution < 1.29 is 0 Å². The molecule has 1 aromatic carbocycles. The van der Waals surface area contributed by atoms with Crippen LogP contribution in [0.4, 0.5) is 0 Å². The third-order valence-corrected chi connectivity index (χ3v) is 4.42. The van der Waals surface area contributed by atoms with Gasteiger partial charge in [0.05, 0.1) is 0 Å².